The van der Waals surface area contributed by atoms with Crippen molar-refractivity contribution in [2.45, 2.75) is 27.3 Å². The van der Waals surface area contributed by atoms with E-state index in [-0.39, 0.29) is 5.75 Å². The van der Waals surface area contributed by atoms with Gasteiger partial charge >= 0.3 is 0 Å². The first-order chi connectivity index (χ1) is 12.1. The van der Waals surface area contributed by atoms with Crippen LogP contribution in [0.1, 0.15) is 23.6 Å². The Labute approximate surface area is 150 Å². The van der Waals surface area contributed by atoms with Gasteiger partial charge in [-0.05, 0) is 55.7 Å². The topological polar surface area (TPSA) is 35.9 Å². The number of aromatic hydroxyl groups is 1. The Bertz CT molecular complexity index is 722. The highest BCUT2D eigenvalue weighted by Crippen LogP contribution is 2.28. The van der Waals surface area contributed by atoms with Gasteiger partial charge in [0, 0.05) is 38.4 Å². The molecule has 1 N–H and O–H groups in total. The molecule has 0 aromatic heterocycles. The second kappa shape index (κ2) is 7.79. The van der Waals surface area contributed by atoms with Crippen LogP contribution in [0.15, 0.2) is 36.4 Å². The van der Waals surface area contributed by atoms with Gasteiger partial charge in [0.25, 0.3) is 0 Å². The van der Waals surface area contributed by atoms with E-state index in [0.29, 0.717) is 12.4 Å². The zero-order chi connectivity index (χ0) is 17.8. The summed E-state index contributed by atoms with van der Waals surface area (Å²) in [7, 11) is 0. The molecule has 0 unspecified atom stereocenters. The van der Waals surface area contributed by atoms with E-state index in [9.17, 15) is 5.11 Å². The maximum Gasteiger partial charge on any atom is 0.161 e. The summed E-state index contributed by atoms with van der Waals surface area (Å²) in [5.74, 6) is 0.791. The zero-order valence-electron chi connectivity index (χ0n) is 15.5. The lowest BCUT2D eigenvalue weighted by atomic mass is 10.1. The number of phenols is 1. The fraction of sp³-hybridized carbons (Fsp3) is 0.429. The number of hydrogen-bond acceptors (Lipinski definition) is 4. The van der Waals surface area contributed by atoms with E-state index in [0.717, 1.165) is 32.7 Å². The number of phenolic OH excluding ortho intramolecular Hbond substituents is 1. The van der Waals surface area contributed by atoms with Crippen LogP contribution >= 0.6 is 0 Å². The van der Waals surface area contributed by atoms with E-state index in [1.165, 1.54) is 22.4 Å². The second-order valence-corrected chi connectivity index (χ2v) is 6.79. The van der Waals surface area contributed by atoms with Gasteiger partial charge in [0.1, 0.15) is 0 Å². The molecule has 0 radical (unpaired) electrons. The smallest absolute Gasteiger partial charge is 0.161 e. The van der Waals surface area contributed by atoms with E-state index in [1.807, 2.05) is 19.1 Å². The fourth-order valence-electron chi connectivity index (χ4n) is 3.39. The van der Waals surface area contributed by atoms with Gasteiger partial charge < -0.3 is 14.7 Å². The van der Waals surface area contributed by atoms with Crippen molar-refractivity contribution in [3.63, 3.8) is 0 Å². The van der Waals surface area contributed by atoms with Crippen molar-refractivity contribution in [3.05, 3.63) is 53.1 Å². The van der Waals surface area contributed by atoms with Gasteiger partial charge in [0.15, 0.2) is 11.5 Å². The van der Waals surface area contributed by atoms with E-state index in [1.54, 1.807) is 6.07 Å². The largest absolute Gasteiger partial charge is 0.504 e. The Balaban J connectivity index is 1.61. The van der Waals surface area contributed by atoms with E-state index in [2.05, 4.69) is 41.8 Å². The molecule has 1 aliphatic heterocycles. The molecule has 0 aliphatic carbocycles. The van der Waals surface area contributed by atoms with Crippen LogP contribution in [0.2, 0.25) is 0 Å². The minimum Gasteiger partial charge on any atom is -0.504 e. The van der Waals surface area contributed by atoms with Crippen molar-refractivity contribution < 1.29 is 9.84 Å². The number of rotatable bonds is 5. The Hall–Kier alpha value is -2.20. The third-order valence-corrected chi connectivity index (χ3v) is 4.81. The zero-order valence-corrected chi connectivity index (χ0v) is 15.5. The minimum absolute atomic E-state index is 0.213. The maximum atomic E-state index is 9.84. The lowest BCUT2D eigenvalue weighted by Gasteiger charge is -2.37. The van der Waals surface area contributed by atoms with Gasteiger partial charge in [-0.3, -0.25) is 4.90 Å². The van der Waals surface area contributed by atoms with Gasteiger partial charge in [0.05, 0.1) is 6.61 Å². The van der Waals surface area contributed by atoms with Crippen LogP contribution in [0.3, 0.4) is 0 Å². The first kappa shape index (κ1) is 17.6. The third-order valence-electron chi connectivity index (χ3n) is 4.81. The highest BCUT2D eigenvalue weighted by molar-refractivity contribution is 5.55. The molecule has 1 aliphatic rings. The number of anilines is 1. The second-order valence-electron chi connectivity index (χ2n) is 6.79. The van der Waals surface area contributed by atoms with Crippen LogP contribution in [-0.4, -0.2) is 42.8 Å². The highest BCUT2D eigenvalue weighted by Gasteiger charge is 2.19. The third kappa shape index (κ3) is 4.26. The first-order valence-corrected chi connectivity index (χ1v) is 9.06. The summed E-state index contributed by atoms with van der Waals surface area (Å²) in [4.78, 5) is 4.95. The molecule has 1 heterocycles. The Morgan fingerprint density at radius 1 is 1.00 bits per heavy atom. The molecule has 1 fully saturated rings. The number of piperazine rings is 1. The Kier molecular flexibility index (Phi) is 5.49. The average Bonchev–Trinajstić information content (AvgIpc) is 2.61. The molecule has 0 saturated carbocycles. The summed E-state index contributed by atoms with van der Waals surface area (Å²) in [5.41, 5.74) is 5.21. The summed E-state index contributed by atoms with van der Waals surface area (Å²) in [5, 5.41) is 9.84. The SMILES string of the molecule is CCOc1cc(CN2CCN(c3cc(C)ccc3C)CC2)ccc1O. The van der Waals surface area contributed by atoms with Crippen LogP contribution in [0.25, 0.3) is 0 Å². The minimum atomic E-state index is 0.213. The normalized spacial score (nSPS) is 15.4. The van der Waals surface area contributed by atoms with Crippen LogP contribution in [0.4, 0.5) is 5.69 Å². The molecule has 2 aromatic rings. The molecule has 3 rings (SSSR count). The number of nitrogens with zero attached hydrogens (tertiary/aromatic N) is 2. The number of benzene rings is 2. The molecule has 25 heavy (non-hydrogen) atoms. The molecule has 0 spiro atoms. The van der Waals surface area contributed by atoms with Crippen molar-refractivity contribution in [1.82, 2.24) is 4.90 Å². The molecule has 4 nitrogen and oxygen atoms in total. The summed E-state index contributed by atoms with van der Waals surface area (Å²) >= 11 is 0. The molecule has 0 bridgehead atoms. The predicted molar refractivity (Wildman–Crippen MR) is 103 cm³/mol. The van der Waals surface area contributed by atoms with E-state index in [4.69, 9.17) is 4.74 Å². The molecular weight excluding hydrogens is 312 g/mol. The Morgan fingerprint density at radius 2 is 1.76 bits per heavy atom. The van der Waals surface area contributed by atoms with Crippen molar-refractivity contribution in [1.29, 1.82) is 0 Å². The molecule has 0 atom stereocenters. The average molecular weight is 340 g/mol. The quantitative estimate of drug-likeness (QED) is 0.900. The van der Waals surface area contributed by atoms with E-state index < -0.39 is 0 Å². The van der Waals surface area contributed by atoms with Crippen molar-refractivity contribution in [2.75, 3.05) is 37.7 Å². The first-order valence-electron chi connectivity index (χ1n) is 9.06. The fourth-order valence-corrected chi connectivity index (χ4v) is 3.39. The van der Waals surface area contributed by atoms with Gasteiger partial charge in [-0.2, -0.15) is 0 Å². The van der Waals surface area contributed by atoms with Crippen LogP contribution < -0.4 is 9.64 Å². The van der Waals surface area contributed by atoms with Crippen LogP contribution in [-0.2, 0) is 6.54 Å². The van der Waals surface area contributed by atoms with Crippen molar-refractivity contribution in [3.8, 4) is 11.5 Å². The molecule has 4 heteroatoms. The highest BCUT2D eigenvalue weighted by atomic mass is 16.5. The molecular formula is C21H28N2O2. The lowest BCUT2D eigenvalue weighted by Crippen LogP contribution is -2.46. The van der Waals surface area contributed by atoms with Gasteiger partial charge in [0.2, 0.25) is 0 Å². The van der Waals surface area contributed by atoms with Gasteiger partial charge in [-0.15, -0.1) is 0 Å². The summed E-state index contributed by atoms with van der Waals surface area (Å²) in [6.45, 7) is 11.9. The molecule has 1 saturated heterocycles. The molecule has 2 aromatic carbocycles. The summed E-state index contributed by atoms with van der Waals surface area (Å²) in [6, 6.07) is 12.3. The van der Waals surface area contributed by atoms with Crippen LogP contribution in [0.5, 0.6) is 11.5 Å². The standard InChI is InChI=1S/C21H28N2O2/c1-4-25-21-14-18(7-8-20(21)24)15-22-9-11-23(12-10-22)19-13-16(2)5-6-17(19)3/h5-8,13-14,24H,4,9-12,15H2,1-3H3. The maximum absolute atomic E-state index is 9.84. The molecule has 134 valence electrons. The van der Waals surface area contributed by atoms with Gasteiger partial charge in [-0.1, -0.05) is 18.2 Å². The van der Waals surface area contributed by atoms with Crippen LogP contribution in [0, 0.1) is 13.8 Å². The van der Waals surface area contributed by atoms with Gasteiger partial charge in [-0.25, -0.2) is 0 Å². The number of ether oxygens (including phenoxy) is 1. The Morgan fingerprint density at radius 3 is 2.48 bits per heavy atom. The molecule has 0 amide bonds. The monoisotopic (exact) mass is 340 g/mol. The summed E-state index contributed by atoms with van der Waals surface area (Å²) in [6.07, 6.45) is 0. The number of aryl methyl sites for hydroxylation is 2. The van der Waals surface area contributed by atoms with Crippen molar-refractivity contribution >= 4 is 5.69 Å². The summed E-state index contributed by atoms with van der Waals surface area (Å²) < 4.78 is 5.49. The lowest BCUT2D eigenvalue weighted by molar-refractivity contribution is 0.249. The van der Waals surface area contributed by atoms with Crippen molar-refractivity contribution in [2.24, 2.45) is 0 Å². The predicted octanol–water partition coefficient (Wildman–Crippen LogP) is 3.73. The van der Waals surface area contributed by atoms with E-state index >= 15 is 0 Å². The number of hydrogen-bond donors (Lipinski definition) is 1.